The molecule has 0 aliphatic heterocycles. The molecule has 0 radical (unpaired) electrons. The first-order chi connectivity index (χ1) is 9.20. The highest BCUT2D eigenvalue weighted by Crippen LogP contribution is 2.25. The quantitative estimate of drug-likeness (QED) is 0.677. The number of carbonyl (C=O) groups excluding carboxylic acids is 2. The van der Waals surface area contributed by atoms with Gasteiger partial charge in [0.05, 0.1) is 5.33 Å². The maximum absolute atomic E-state index is 12.1. The van der Waals surface area contributed by atoms with Crippen LogP contribution in [0.1, 0.15) is 42.5 Å². The Morgan fingerprint density at radius 2 is 1.74 bits per heavy atom. The number of hydrogen-bond donors (Lipinski definition) is 1. The molecule has 1 aliphatic carbocycles. The van der Waals surface area contributed by atoms with Crippen LogP contribution in [0.5, 0.6) is 0 Å². The van der Waals surface area contributed by atoms with Crippen molar-refractivity contribution in [2.24, 2.45) is 5.92 Å². The first-order valence-electron chi connectivity index (χ1n) is 6.71. The molecule has 19 heavy (non-hydrogen) atoms. The van der Waals surface area contributed by atoms with Crippen molar-refractivity contribution in [3.63, 3.8) is 0 Å². The van der Waals surface area contributed by atoms with Crippen molar-refractivity contribution in [1.29, 1.82) is 0 Å². The third-order valence-electron chi connectivity index (χ3n) is 3.57. The second kappa shape index (κ2) is 6.85. The van der Waals surface area contributed by atoms with Crippen molar-refractivity contribution < 1.29 is 9.59 Å². The van der Waals surface area contributed by atoms with E-state index in [-0.39, 0.29) is 17.6 Å². The third kappa shape index (κ3) is 3.90. The van der Waals surface area contributed by atoms with Crippen LogP contribution in [0.25, 0.3) is 0 Å². The van der Waals surface area contributed by atoms with Crippen LogP contribution in [-0.4, -0.2) is 17.0 Å². The fraction of sp³-hybridized carbons (Fsp3) is 0.467. The Morgan fingerprint density at radius 3 is 2.32 bits per heavy atom. The number of ketones is 1. The van der Waals surface area contributed by atoms with E-state index in [1.807, 2.05) is 0 Å². The number of halogens is 1. The Balaban J connectivity index is 1.95. The van der Waals surface area contributed by atoms with Crippen molar-refractivity contribution >= 4 is 33.3 Å². The van der Waals surface area contributed by atoms with Gasteiger partial charge in [-0.1, -0.05) is 35.2 Å². The van der Waals surface area contributed by atoms with Gasteiger partial charge in [0, 0.05) is 17.2 Å². The summed E-state index contributed by atoms with van der Waals surface area (Å²) in [6, 6.07) is 7.08. The van der Waals surface area contributed by atoms with Crippen LogP contribution in [0.3, 0.4) is 0 Å². The normalized spacial score (nSPS) is 16.1. The SMILES string of the molecule is O=C(CBr)c1ccc(NC(=O)C2CCCCC2)cc1. The van der Waals surface area contributed by atoms with Gasteiger partial charge in [0.1, 0.15) is 0 Å². The second-order valence-electron chi connectivity index (χ2n) is 4.96. The Kier molecular flexibility index (Phi) is 5.14. The molecular weight excluding hydrogens is 306 g/mol. The Bertz CT molecular complexity index is 450. The van der Waals surface area contributed by atoms with Crippen LogP contribution in [0.15, 0.2) is 24.3 Å². The van der Waals surface area contributed by atoms with E-state index in [4.69, 9.17) is 0 Å². The monoisotopic (exact) mass is 323 g/mol. The summed E-state index contributed by atoms with van der Waals surface area (Å²) in [5.74, 6) is 0.307. The van der Waals surface area contributed by atoms with Crippen LogP contribution in [0, 0.1) is 5.92 Å². The smallest absolute Gasteiger partial charge is 0.227 e. The summed E-state index contributed by atoms with van der Waals surface area (Å²) < 4.78 is 0. The molecule has 1 aromatic rings. The van der Waals surface area contributed by atoms with Crippen molar-refractivity contribution in [3.8, 4) is 0 Å². The van der Waals surface area contributed by atoms with Gasteiger partial charge in [-0.15, -0.1) is 0 Å². The number of hydrogen-bond acceptors (Lipinski definition) is 2. The zero-order valence-corrected chi connectivity index (χ0v) is 12.4. The van der Waals surface area contributed by atoms with Gasteiger partial charge in [-0.2, -0.15) is 0 Å². The minimum Gasteiger partial charge on any atom is -0.326 e. The molecule has 102 valence electrons. The van der Waals surface area contributed by atoms with E-state index < -0.39 is 0 Å². The summed E-state index contributed by atoms with van der Waals surface area (Å²) in [6.07, 6.45) is 5.53. The molecule has 0 atom stereocenters. The molecule has 1 saturated carbocycles. The lowest BCUT2D eigenvalue weighted by molar-refractivity contribution is -0.120. The van der Waals surface area contributed by atoms with Crippen LogP contribution in [0.4, 0.5) is 5.69 Å². The predicted molar refractivity (Wildman–Crippen MR) is 79.8 cm³/mol. The average molecular weight is 324 g/mol. The minimum absolute atomic E-state index is 0.0464. The van der Waals surface area contributed by atoms with E-state index >= 15 is 0 Å². The average Bonchev–Trinajstić information content (AvgIpc) is 2.48. The predicted octanol–water partition coefficient (Wildman–Crippen LogP) is 3.78. The highest BCUT2D eigenvalue weighted by atomic mass is 79.9. The zero-order chi connectivity index (χ0) is 13.7. The number of amides is 1. The lowest BCUT2D eigenvalue weighted by Crippen LogP contribution is -2.24. The molecule has 0 aromatic heterocycles. The van der Waals surface area contributed by atoms with Crippen molar-refractivity contribution in [2.75, 3.05) is 10.6 Å². The summed E-state index contributed by atoms with van der Waals surface area (Å²) in [7, 11) is 0. The van der Waals surface area contributed by atoms with Gasteiger partial charge >= 0.3 is 0 Å². The molecule has 0 unspecified atom stereocenters. The van der Waals surface area contributed by atoms with Gasteiger partial charge in [-0.05, 0) is 37.1 Å². The lowest BCUT2D eigenvalue weighted by atomic mass is 9.88. The molecule has 4 heteroatoms. The van der Waals surface area contributed by atoms with Gasteiger partial charge in [-0.25, -0.2) is 0 Å². The molecule has 0 bridgehead atoms. The standard InChI is InChI=1S/C15H18BrNO2/c16-10-14(18)11-6-8-13(9-7-11)17-15(19)12-4-2-1-3-5-12/h6-9,12H,1-5,10H2,(H,17,19). The fourth-order valence-corrected chi connectivity index (χ4v) is 2.75. The van der Waals surface area contributed by atoms with Gasteiger partial charge < -0.3 is 5.32 Å². The van der Waals surface area contributed by atoms with Gasteiger partial charge in [0.2, 0.25) is 5.91 Å². The van der Waals surface area contributed by atoms with E-state index in [9.17, 15) is 9.59 Å². The summed E-state index contributed by atoms with van der Waals surface area (Å²) >= 11 is 3.14. The van der Waals surface area contributed by atoms with Crippen LogP contribution in [0.2, 0.25) is 0 Å². The number of benzene rings is 1. The summed E-state index contributed by atoms with van der Waals surface area (Å²) in [4.78, 5) is 23.5. The molecule has 0 heterocycles. The molecule has 1 N–H and O–H groups in total. The number of carbonyl (C=O) groups is 2. The number of anilines is 1. The Labute approximate surface area is 121 Å². The van der Waals surface area contributed by atoms with Crippen molar-refractivity contribution in [2.45, 2.75) is 32.1 Å². The van der Waals surface area contributed by atoms with Crippen molar-refractivity contribution in [1.82, 2.24) is 0 Å². The molecule has 1 amide bonds. The Hall–Kier alpha value is -1.16. The van der Waals surface area contributed by atoms with E-state index in [0.717, 1.165) is 31.4 Å². The fourth-order valence-electron chi connectivity index (χ4n) is 2.43. The molecule has 1 aliphatic rings. The maximum atomic E-state index is 12.1. The highest BCUT2D eigenvalue weighted by molar-refractivity contribution is 9.09. The summed E-state index contributed by atoms with van der Waals surface area (Å²) in [5.41, 5.74) is 1.43. The summed E-state index contributed by atoms with van der Waals surface area (Å²) in [5, 5.41) is 3.25. The molecular formula is C15H18BrNO2. The number of Topliss-reactive ketones (excluding diaryl/α,β-unsaturated/α-hetero) is 1. The van der Waals surface area contributed by atoms with E-state index in [1.54, 1.807) is 24.3 Å². The number of nitrogens with one attached hydrogen (secondary N) is 1. The van der Waals surface area contributed by atoms with E-state index in [0.29, 0.717) is 10.9 Å². The van der Waals surface area contributed by atoms with Gasteiger partial charge in [0.25, 0.3) is 0 Å². The van der Waals surface area contributed by atoms with E-state index in [2.05, 4.69) is 21.2 Å². The van der Waals surface area contributed by atoms with Crippen molar-refractivity contribution in [3.05, 3.63) is 29.8 Å². The Morgan fingerprint density at radius 1 is 1.11 bits per heavy atom. The van der Waals surface area contributed by atoms with Crippen LogP contribution >= 0.6 is 15.9 Å². The third-order valence-corrected chi connectivity index (χ3v) is 4.08. The van der Waals surface area contributed by atoms with Gasteiger partial charge in [-0.3, -0.25) is 9.59 Å². The molecule has 1 fully saturated rings. The lowest BCUT2D eigenvalue weighted by Gasteiger charge is -2.20. The van der Waals surface area contributed by atoms with Crippen LogP contribution < -0.4 is 5.32 Å². The molecule has 3 nitrogen and oxygen atoms in total. The zero-order valence-electron chi connectivity index (χ0n) is 10.8. The largest absolute Gasteiger partial charge is 0.326 e. The van der Waals surface area contributed by atoms with E-state index in [1.165, 1.54) is 6.42 Å². The summed E-state index contributed by atoms with van der Waals surface area (Å²) in [6.45, 7) is 0. The minimum atomic E-state index is 0.0464. The number of rotatable bonds is 4. The first-order valence-corrected chi connectivity index (χ1v) is 7.83. The topological polar surface area (TPSA) is 46.2 Å². The molecule has 0 saturated heterocycles. The van der Waals surface area contributed by atoms with Gasteiger partial charge in [0.15, 0.2) is 5.78 Å². The molecule has 2 rings (SSSR count). The highest BCUT2D eigenvalue weighted by Gasteiger charge is 2.20. The van der Waals surface area contributed by atoms with Crippen LogP contribution in [-0.2, 0) is 4.79 Å². The molecule has 1 aromatic carbocycles. The number of alkyl halides is 1. The second-order valence-corrected chi connectivity index (χ2v) is 5.52. The molecule has 0 spiro atoms. The maximum Gasteiger partial charge on any atom is 0.227 e. The first kappa shape index (κ1) is 14.3.